The Morgan fingerprint density at radius 1 is 1.38 bits per heavy atom. The molecule has 1 aliphatic carbocycles. The van der Waals surface area contributed by atoms with E-state index in [9.17, 15) is 5.11 Å². The molecule has 0 aromatic heterocycles. The first kappa shape index (κ1) is 8.73. The van der Waals surface area contributed by atoms with E-state index < -0.39 is 5.72 Å². The Bertz CT molecular complexity index is 311. The molecule has 0 bridgehead atoms. The van der Waals surface area contributed by atoms with E-state index in [0.29, 0.717) is 0 Å². The zero-order chi connectivity index (χ0) is 9.31. The molecule has 0 radical (unpaired) electrons. The molecule has 2 heteroatoms. The van der Waals surface area contributed by atoms with Crippen molar-refractivity contribution in [3.8, 4) is 0 Å². The van der Waals surface area contributed by atoms with Gasteiger partial charge < -0.3 is 5.11 Å². The summed E-state index contributed by atoms with van der Waals surface area (Å²) in [6.45, 7) is 0. The van der Waals surface area contributed by atoms with Crippen LogP contribution in [0, 0.1) is 0 Å². The molecule has 0 saturated carbocycles. The van der Waals surface area contributed by atoms with Crippen molar-refractivity contribution in [3.05, 3.63) is 35.4 Å². The molecule has 2 nitrogen and oxygen atoms in total. The maximum absolute atomic E-state index is 10.2. The second-order valence-corrected chi connectivity index (χ2v) is 3.62. The van der Waals surface area contributed by atoms with Crippen molar-refractivity contribution in [1.29, 1.82) is 0 Å². The van der Waals surface area contributed by atoms with Crippen molar-refractivity contribution >= 4 is 0 Å². The lowest BCUT2D eigenvalue weighted by molar-refractivity contribution is -0.00868. The van der Waals surface area contributed by atoms with Crippen LogP contribution in [0.2, 0.25) is 0 Å². The highest BCUT2D eigenvalue weighted by Crippen LogP contribution is 2.32. The molecule has 2 N–H and O–H groups in total. The minimum Gasteiger partial charge on any atom is -0.372 e. The molecule has 1 aromatic rings. The van der Waals surface area contributed by atoms with Gasteiger partial charge in [-0.25, -0.2) is 0 Å². The van der Waals surface area contributed by atoms with E-state index in [1.54, 1.807) is 0 Å². The largest absolute Gasteiger partial charge is 0.372 e. The van der Waals surface area contributed by atoms with E-state index >= 15 is 0 Å². The van der Waals surface area contributed by atoms with E-state index in [1.807, 2.05) is 25.2 Å². The Labute approximate surface area is 78.6 Å². The highest BCUT2D eigenvalue weighted by Gasteiger charge is 2.31. The van der Waals surface area contributed by atoms with Crippen LogP contribution in [0.25, 0.3) is 0 Å². The summed E-state index contributed by atoms with van der Waals surface area (Å²) in [5.74, 6) is 0. The maximum Gasteiger partial charge on any atom is 0.142 e. The standard InChI is InChI=1S/C11H15NO/c1-12-11(13)8-4-6-9-5-2-3-7-10(9)11/h2-3,5,7,12-13H,4,6,8H2,1H3. The molecule has 13 heavy (non-hydrogen) atoms. The summed E-state index contributed by atoms with van der Waals surface area (Å²) in [7, 11) is 1.81. The SMILES string of the molecule is CNC1(O)CCCc2ccccc21. The van der Waals surface area contributed by atoms with E-state index in [0.717, 1.165) is 24.8 Å². The molecule has 0 saturated heterocycles. The average molecular weight is 177 g/mol. The molecule has 70 valence electrons. The van der Waals surface area contributed by atoms with Crippen molar-refractivity contribution in [2.75, 3.05) is 7.05 Å². The Hall–Kier alpha value is -0.860. The summed E-state index contributed by atoms with van der Waals surface area (Å²) in [5.41, 5.74) is 1.52. The fourth-order valence-corrected chi connectivity index (χ4v) is 2.07. The van der Waals surface area contributed by atoms with Crippen LogP contribution in [-0.4, -0.2) is 12.2 Å². The molecular formula is C11H15NO. The summed E-state index contributed by atoms with van der Waals surface area (Å²) < 4.78 is 0. The highest BCUT2D eigenvalue weighted by atomic mass is 16.3. The minimum atomic E-state index is -0.797. The first-order valence-electron chi connectivity index (χ1n) is 4.76. The Morgan fingerprint density at radius 2 is 2.15 bits per heavy atom. The van der Waals surface area contributed by atoms with Crippen LogP contribution in [0.3, 0.4) is 0 Å². The molecule has 0 amide bonds. The van der Waals surface area contributed by atoms with Crippen LogP contribution >= 0.6 is 0 Å². The fourth-order valence-electron chi connectivity index (χ4n) is 2.07. The molecule has 0 aliphatic heterocycles. The van der Waals surface area contributed by atoms with Crippen LogP contribution < -0.4 is 5.32 Å². The van der Waals surface area contributed by atoms with Crippen molar-refractivity contribution in [1.82, 2.24) is 5.32 Å². The molecular weight excluding hydrogens is 162 g/mol. The van der Waals surface area contributed by atoms with Gasteiger partial charge in [0.15, 0.2) is 0 Å². The maximum atomic E-state index is 10.2. The number of aliphatic hydroxyl groups is 1. The van der Waals surface area contributed by atoms with Crippen molar-refractivity contribution < 1.29 is 5.11 Å². The molecule has 1 unspecified atom stereocenters. The summed E-state index contributed by atoms with van der Waals surface area (Å²) in [4.78, 5) is 0. The van der Waals surface area contributed by atoms with E-state index in [2.05, 4.69) is 11.4 Å². The van der Waals surface area contributed by atoms with E-state index in [4.69, 9.17) is 0 Å². The topological polar surface area (TPSA) is 32.3 Å². The third-order valence-electron chi connectivity index (χ3n) is 2.86. The van der Waals surface area contributed by atoms with Gasteiger partial charge in [-0.2, -0.15) is 0 Å². The lowest BCUT2D eigenvalue weighted by Crippen LogP contribution is -2.42. The summed E-state index contributed by atoms with van der Waals surface area (Å²) in [6, 6.07) is 8.11. The average Bonchev–Trinajstić information content (AvgIpc) is 2.19. The predicted molar refractivity (Wildman–Crippen MR) is 52.3 cm³/mol. The van der Waals surface area contributed by atoms with Crippen molar-refractivity contribution in [2.24, 2.45) is 0 Å². The third kappa shape index (κ3) is 1.36. The fraction of sp³-hybridized carbons (Fsp3) is 0.455. The molecule has 2 rings (SSSR count). The van der Waals surface area contributed by atoms with Gasteiger partial charge >= 0.3 is 0 Å². The second kappa shape index (κ2) is 3.13. The smallest absolute Gasteiger partial charge is 0.142 e. The van der Waals surface area contributed by atoms with Gasteiger partial charge in [0.05, 0.1) is 0 Å². The molecule has 0 heterocycles. The van der Waals surface area contributed by atoms with Gasteiger partial charge in [-0.1, -0.05) is 24.3 Å². The molecule has 0 fully saturated rings. The number of hydrogen-bond acceptors (Lipinski definition) is 2. The van der Waals surface area contributed by atoms with Crippen LogP contribution in [0.4, 0.5) is 0 Å². The third-order valence-corrected chi connectivity index (χ3v) is 2.86. The highest BCUT2D eigenvalue weighted by molar-refractivity contribution is 5.33. The van der Waals surface area contributed by atoms with Crippen LogP contribution in [0.1, 0.15) is 24.0 Å². The van der Waals surface area contributed by atoms with Gasteiger partial charge in [-0.15, -0.1) is 0 Å². The van der Waals surface area contributed by atoms with Crippen LogP contribution in [-0.2, 0) is 12.1 Å². The number of rotatable bonds is 1. The number of hydrogen-bond donors (Lipinski definition) is 2. The molecule has 1 aromatic carbocycles. The first-order chi connectivity index (χ1) is 6.26. The van der Waals surface area contributed by atoms with E-state index in [-0.39, 0.29) is 0 Å². The number of aryl methyl sites for hydroxylation is 1. The Balaban J connectivity index is 2.48. The first-order valence-corrected chi connectivity index (χ1v) is 4.76. The molecule has 1 atom stereocenters. The van der Waals surface area contributed by atoms with Crippen molar-refractivity contribution in [3.63, 3.8) is 0 Å². The zero-order valence-corrected chi connectivity index (χ0v) is 7.88. The normalized spacial score (nSPS) is 26.9. The van der Waals surface area contributed by atoms with Gasteiger partial charge in [0, 0.05) is 5.56 Å². The lowest BCUT2D eigenvalue weighted by Gasteiger charge is -2.34. The minimum absolute atomic E-state index is 0.797. The predicted octanol–water partition coefficient (Wildman–Crippen LogP) is 1.39. The van der Waals surface area contributed by atoms with E-state index in [1.165, 1.54) is 5.56 Å². The van der Waals surface area contributed by atoms with Gasteiger partial charge in [0.1, 0.15) is 5.72 Å². The van der Waals surface area contributed by atoms with Gasteiger partial charge in [0.25, 0.3) is 0 Å². The van der Waals surface area contributed by atoms with Crippen LogP contribution in [0.15, 0.2) is 24.3 Å². The molecule has 1 aliphatic rings. The summed E-state index contributed by atoms with van der Waals surface area (Å²) in [5, 5.41) is 13.2. The molecule has 0 spiro atoms. The van der Waals surface area contributed by atoms with Crippen molar-refractivity contribution in [2.45, 2.75) is 25.0 Å². The quantitative estimate of drug-likeness (QED) is 0.635. The Kier molecular flexibility index (Phi) is 2.10. The van der Waals surface area contributed by atoms with Gasteiger partial charge in [0.2, 0.25) is 0 Å². The number of nitrogens with one attached hydrogen (secondary N) is 1. The Morgan fingerprint density at radius 3 is 2.92 bits per heavy atom. The second-order valence-electron chi connectivity index (χ2n) is 3.62. The lowest BCUT2D eigenvalue weighted by atomic mass is 9.85. The van der Waals surface area contributed by atoms with Gasteiger partial charge in [-0.05, 0) is 31.9 Å². The van der Waals surface area contributed by atoms with Gasteiger partial charge in [-0.3, -0.25) is 5.32 Å². The monoisotopic (exact) mass is 177 g/mol. The summed E-state index contributed by atoms with van der Waals surface area (Å²) >= 11 is 0. The summed E-state index contributed by atoms with van der Waals surface area (Å²) in [6.07, 6.45) is 2.94. The number of benzene rings is 1. The van der Waals surface area contributed by atoms with Crippen LogP contribution in [0.5, 0.6) is 0 Å². The number of fused-ring (bicyclic) bond motifs is 1. The zero-order valence-electron chi connectivity index (χ0n) is 7.88.